The van der Waals surface area contributed by atoms with Crippen LogP contribution in [0.25, 0.3) is 0 Å². The van der Waals surface area contributed by atoms with Crippen LogP contribution in [0.5, 0.6) is 5.75 Å². The van der Waals surface area contributed by atoms with Crippen molar-refractivity contribution in [3.05, 3.63) is 70.3 Å². The number of anilines is 1. The second-order valence-electron chi connectivity index (χ2n) is 13.5. The van der Waals surface area contributed by atoms with Crippen LogP contribution in [0.4, 0.5) is 5.69 Å². The Hall–Kier alpha value is -2.64. The molecule has 5 rings (SSSR count). The summed E-state index contributed by atoms with van der Waals surface area (Å²) in [5.74, 6) is -0.182. The Labute approximate surface area is 290 Å². The fourth-order valence-electron chi connectivity index (χ4n) is 7.12. The number of carbonyl (C=O) groups is 1. The van der Waals surface area contributed by atoms with Crippen molar-refractivity contribution in [1.29, 1.82) is 0 Å². The molecule has 0 saturated heterocycles. The number of rotatable bonds is 5. The molecule has 1 amide bonds. The number of hydrogen-bond donors (Lipinski definition) is 1. The van der Waals surface area contributed by atoms with Crippen molar-refractivity contribution in [3.8, 4) is 5.75 Å². The fourth-order valence-corrected chi connectivity index (χ4v) is 8.99. The number of fused-ring (bicyclic) bond motifs is 3. The standard InChI is InChI=1S/C35H47ClN2O8S2/c1-24-8-7-16-35(44-3,17-19-46-47(4,40)41)31-14-11-28(31)22-38-18-6-5-9-26-20-30(36)13-10-29(26)23-45-33-15-12-27(21-32(33)38)34(39)37-48(42,43)25(24)2/h7,10,12-13,15-16,20-21,24-25,28,31H,5-6,8-9,11,14,17-19,22-23H2,1-4H3,(H,37,39)/b16-7+/t24-,25+,28-,31+,35-/m0/s1. The Bertz CT molecular complexity index is 1730. The van der Waals surface area contributed by atoms with Crippen LogP contribution in [0.3, 0.4) is 0 Å². The molecule has 0 radical (unpaired) electrons. The number of carbonyl (C=O) groups excluding carboxylic acids is 1. The van der Waals surface area contributed by atoms with E-state index >= 15 is 0 Å². The molecular weight excluding hydrogens is 676 g/mol. The Morgan fingerprint density at radius 2 is 1.90 bits per heavy atom. The zero-order chi connectivity index (χ0) is 34.7. The summed E-state index contributed by atoms with van der Waals surface area (Å²) in [5, 5.41) is -0.188. The Balaban J connectivity index is 1.57. The van der Waals surface area contributed by atoms with E-state index in [4.69, 9.17) is 25.3 Å². The first kappa shape index (κ1) is 36.6. The Kier molecular flexibility index (Phi) is 11.5. The number of benzene rings is 2. The van der Waals surface area contributed by atoms with Gasteiger partial charge >= 0.3 is 0 Å². The van der Waals surface area contributed by atoms with Crippen molar-refractivity contribution < 1.29 is 35.3 Å². The van der Waals surface area contributed by atoms with Gasteiger partial charge in [0.2, 0.25) is 10.0 Å². The fraction of sp³-hybridized carbons (Fsp3) is 0.571. The number of halogens is 1. The molecule has 2 aliphatic heterocycles. The van der Waals surface area contributed by atoms with E-state index in [1.54, 1.807) is 32.2 Å². The highest BCUT2D eigenvalue weighted by molar-refractivity contribution is 7.90. The molecule has 0 unspecified atom stereocenters. The number of ether oxygens (including phenoxy) is 2. The number of nitrogens with zero attached hydrogens (tertiary/aromatic N) is 1. The second-order valence-corrected chi connectivity index (χ2v) is 17.6. The lowest BCUT2D eigenvalue weighted by Gasteiger charge is -2.50. The third-order valence-electron chi connectivity index (χ3n) is 10.3. The molecule has 1 N–H and O–H groups in total. The molecule has 0 aromatic heterocycles. The van der Waals surface area contributed by atoms with Crippen LogP contribution in [0.2, 0.25) is 5.02 Å². The van der Waals surface area contributed by atoms with Crippen LogP contribution in [0.15, 0.2) is 48.6 Å². The molecule has 13 heteroatoms. The van der Waals surface area contributed by atoms with Gasteiger partial charge in [0.25, 0.3) is 16.0 Å². The normalized spacial score (nSPS) is 28.8. The number of aryl methyl sites for hydroxylation is 1. The molecule has 10 nitrogen and oxygen atoms in total. The number of sulfonamides is 1. The van der Waals surface area contributed by atoms with Gasteiger partial charge in [-0.1, -0.05) is 36.7 Å². The maximum absolute atomic E-state index is 13.5. The monoisotopic (exact) mass is 722 g/mol. The Morgan fingerprint density at radius 3 is 2.60 bits per heavy atom. The number of amides is 1. The van der Waals surface area contributed by atoms with Gasteiger partial charge in [-0.05, 0) is 105 Å². The van der Waals surface area contributed by atoms with Crippen molar-refractivity contribution in [2.75, 3.05) is 38.0 Å². The van der Waals surface area contributed by atoms with E-state index in [0.717, 1.165) is 55.2 Å². The van der Waals surface area contributed by atoms with Crippen molar-refractivity contribution in [2.45, 2.75) is 76.3 Å². The summed E-state index contributed by atoms with van der Waals surface area (Å²) in [6.45, 7) is 5.02. The van der Waals surface area contributed by atoms with Gasteiger partial charge in [0.05, 0.1) is 29.4 Å². The molecule has 5 atom stereocenters. The quantitative estimate of drug-likeness (QED) is 0.297. The van der Waals surface area contributed by atoms with Gasteiger partial charge in [-0.3, -0.25) is 8.98 Å². The maximum Gasteiger partial charge on any atom is 0.264 e. The lowest BCUT2D eigenvalue weighted by Crippen LogP contribution is -2.51. The number of hydrogen-bond acceptors (Lipinski definition) is 9. The van der Waals surface area contributed by atoms with Crippen LogP contribution < -0.4 is 14.4 Å². The van der Waals surface area contributed by atoms with Crippen molar-refractivity contribution in [3.63, 3.8) is 0 Å². The smallest absolute Gasteiger partial charge is 0.264 e. The zero-order valence-corrected chi connectivity index (χ0v) is 30.5. The highest BCUT2D eigenvalue weighted by Gasteiger charge is 2.47. The molecule has 2 heterocycles. The van der Waals surface area contributed by atoms with Crippen LogP contribution in [-0.4, -0.2) is 66.7 Å². The van der Waals surface area contributed by atoms with Gasteiger partial charge in [-0.25, -0.2) is 13.1 Å². The summed E-state index contributed by atoms with van der Waals surface area (Å²) in [5.41, 5.74) is 2.30. The molecule has 1 aliphatic carbocycles. The number of nitrogens with one attached hydrogen (secondary N) is 1. The van der Waals surface area contributed by atoms with E-state index in [9.17, 15) is 21.6 Å². The first-order valence-electron chi connectivity index (χ1n) is 16.6. The topological polar surface area (TPSA) is 128 Å². The van der Waals surface area contributed by atoms with Crippen LogP contribution in [0.1, 0.15) is 73.9 Å². The average molecular weight is 723 g/mol. The van der Waals surface area contributed by atoms with Crippen LogP contribution >= 0.6 is 11.6 Å². The molecule has 1 saturated carbocycles. The number of methoxy groups -OCH3 is 1. The van der Waals surface area contributed by atoms with Gasteiger partial charge in [-0.2, -0.15) is 8.42 Å². The molecule has 2 aromatic carbocycles. The van der Waals surface area contributed by atoms with Crippen LogP contribution in [0, 0.1) is 17.8 Å². The SMILES string of the molecule is CO[C@]1(CCOS(C)(=O)=O)/C=C/C[C@H](C)[C@@H](C)S(=O)(=O)NC(=O)c2ccc3c(c2)N(CCCCc2cc(Cl)ccc2CO3)C[C@@H]2CC[C@H]21. The molecule has 2 bridgehead atoms. The molecular formula is C35H47ClN2O8S2. The highest BCUT2D eigenvalue weighted by atomic mass is 35.5. The highest BCUT2D eigenvalue weighted by Crippen LogP contribution is 2.47. The van der Waals surface area contributed by atoms with Gasteiger partial charge < -0.3 is 14.4 Å². The minimum Gasteiger partial charge on any atom is -0.487 e. The van der Waals surface area contributed by atoms with Gasteiger partial charge in [-0.15, -0.1) is 0 Å². The average Bonchev–Trinajstić information content (AvgIpc) is 3.04. The summed E-state index contributed by atoms with van der Waals surface area (Å²) in [7, 11) is -6.03. The van der Waals surface area contributed by atoms with E-state index in [1.165, 1.54) is 0 Å². The number of allylic oxidation sites excluding steroid dienone is 1. The van der Waals surface area contributed by atoms with E-state index in [2.05, 4.69) is 9.62 Å². The van der Waals surface area contributed by atoms with Gasteiger partial charge in [0, 0.05) is 37.2 Å². The third kappa shape index (κ3) is 8.56. The molecule has 3 aliphatic rings. The van der Waals surface area contributed by atoms with E-state index < -0.39 is 36.9 Å². The molecule has 0 spiro atoms. The lowest BCUT2D eigenvalue weighted by atomic mass is 9.63. The van der Waals surface area contributed by atoms with E-state index in [0.29, 0.717) is 43.3 Å². The molecule has 48 heavy (non-hydrogen) atoms. The largest absolute Gasteiger partial charge is 0.487 e. The minimum atomic E-state index is -4.02. The summed E-state index contributed by atoms with van der Waals surface area (Å²) in [4.78, 5) is 15.7. The first-order valence-corrected chi connectivity index (χ1v) is 20.4. The summed E-state index contributed by atoms with van der Waals surface area (Å²) >= 11 is 6.34. The van der Waals surface area contributed by atoms with Gasteiger partial charge in [0.1, 0.15) is 12.4 Å². The van der Waals surface area contributed by atoms with E-state index in [1.807, 2.05) is 37.3 Å². The minimum absolute atomic E-state index is 0.0407. The Morgan fingerprint density at radius 1 is 1.10 bits per heavy atom. The van der Waals surface area contributed by atoms with Crippen molar-refractivity contribution in [1.82, 2.24) is 4.72 Å². The second kappa shape index (κ2) is 15.1. The van der Waals surface area contributed by atoms with Crippen LogP contribution in [-0.2, 0) is 42.1 Å². The predicted molar refractivity (Wildman–Crippen MR) is 188 cm³/mol. The first-order chi connectivity index (χ1) is 22.7. The summed E-state index contributed by atoms with van der Waals surface area (Å²) in [6, 6.07) is 10.9. The predicted octanol–water partition coefficient (Wildman–Crippen LogP) is 5.88. The summed E-state index contributed by atoms with van der Waals surface area (Å²) < 4.78 is 70.7. The van der Waals surface area contributed by atoms with Crippen molar-refractivity contribution >= 4 is 43.3 Å². The maximum atomic E-state index is 13.5. The summed E-state index contributed by atoms with van der Waals surface area (Å²) in [6.07, 6.45) is 10.1. The van der Waals surface area contributed by atoms with E-state index in [-0.39, 0.29) is 29.9 Å². The van der Waals surface area contributed by atoms with Crippen molar-refractivity contribution in [2.24, 2.45) is 17.8 Å². The van der Waals surface area contributed by atoms with Gasteiger partial charge in [0.15, 0.2) is 0 Å². The molecule has 1 fully saturated rings. The lowest BCUT2D eigenvalue weighted by molar-refractivity contribution is -0.0846. The zero-order valence-electron chi connectivity index (χ0n) is 28.1. The molecule has 2 aromatic rings. The molecule has 264 valence electrons. The third-order valence-corrected chi connectivity index (χ3v) is 13.1.